The van der Waals surface area contributed by atoms with Crippen molar-refractivity contribution in [1.29, 1.82) is 0 Å². The molecule has 1 saturated heterocycles. The molecule has 1 aromatic heterocycles. The van der Waals surface area contributed by atoms with E-state index < -0.39 is 0 Å². The van der Waals surface area contributed by atoms with Gasteiger partial charge < -0.3 is 9.47 Å². The van der Waals surface area contributed by atoms with Crippen molar-refractivity contribution in [2.24, 2.45) is 7.05 Å². The van der Waals surface area contributed by atoms with Crippen molar-refractivity contribution >= 4 is 5.91 Å². The van der Waals surface area contributed by atoms with Crippen LogP contribution in [0.25, 0.3) is 0 Å². The first-order valence-corrected chi connectivity index (χ1v) is 6.11. The minimum atomic E-state index is 0.184. The van der Waals surface area contributed by atoms with Crippen LogP contribution in [0.15, 0.2) is 12.4 Å². The van der Waals surface area contributed by atoms with Gasteiger partial charge in [-0.15, -0.1) is 0 Å². The Hall–Kier alpha value is -1.36. The minimum Gasteiger partial charge on any atom is -0.342 e. The van der Waals surface area contributed by atoms with Gasteiger partial charge in [-0.2, -0.15) is 0 Å². The second-order valence-corrected chi connectivity index (χ2v) is 4.59. The fourth-order valence-electron chi connectivity index (χ4n) is 2.19. The fraction of sp³-hybridized carbons (Fsp3) is 0.667. The first-order valence-electron chi connectivity index (χ1n) is 6.11. The summed E-state index contributed by atoms with van der Waals surface area (Å²) in [5.74, 6) is 1.27. The minimum absolute atomic E-state index is 0.184. The molecule has 0 unspecified atom stereocenters. The molecule has 0 bridgehead atoms. The topological polar surface area (TPSA) is 41.4 Å². The number of hydrogen-bond donors (Lipinski definition) is 0. The van der Waals surface area contributed by atoms with E-state index in [1.54, 1.807) is 6.92 Å². The summed E-state index contributed by atoms with van der Waals surface area (Å²) in [6, 6.07) is 0. The SMILES string of the molecule is CC(=O)N1CCCN(Cc2nccn2C)CC1. The smallest absolute Gasteiger partial charge is 0.219 e. The van der Waals surface area contributed by atoms with Crippen LogP contribution in [0.1, 0.15) is 19.2 Å². The summed E-state index contributed by atoms with van der Waals surface area (Å²) in [5, 5.41) is 0. The van der Waals surface area contributed by atoms with E-state index in [-0.39, 0.29) is 5.91 Å². The summed E-state index contributed by atoms with van der Waals surface area (Å²) in [7, 11) is 2.02. The summed E-state index contributed by atoms with van der Waals surface area (Å²) in [6.07, 6.45) is 4.84. The molecule has 1 amide bonds. The predicted molar refractivity (Wildman–Crippen MR) is 65.4 cm³/mol. The zero-order chi connectivity index (χ0) is 12.3. The maximum atomic E-state index is 11.3. The normalized spacial score (nSPS) is 18.1. The van der Waals surface area contributed by atoms with Crippen molar-refractivity contribution in [3.63, 3.8) is 0 Å². The predicted octanol–water partition coefficient (Wildman–Crippen LogP) is 0.474. The summed E-state index contributed by atoms with van der Waals surface area (Å²) in [6.45, 7) is 6.21. The number of carbonyl (C=O) groups excluding carboxylic acids is 1. The van der Waals surface area contributed by atoms with Crippen LogP contribution in [0, 0.1) is 0 Å². The zero-order valence-electron chi connectivity index (χ0n) is 10.6. The third-order valence-corrected chi connectivity index (χ3v) is 3.32. The van der Waals surface area contributed by atoms with Crippen molar-refractivity contribution in [2.45, 2.75) is 19.9 Å². The number of nitrogens with zero attached hydrogens (tertiary/aromatic N) is 4. The molecule has 0 atom stereocenters. The third-order valence-electron chi connectivity index (χ3n) is 3.32. The summed E-state index contributed by atoms with van der Waals surface area (Å²) in [5.41, 5.74) is 0. The van der Waals surface area contributed by atoms with Gasteiger partial charge in [-0.3, -0.25) is 9.69 Å². The van der Waals surface area contributed by atoms with Gasteiger partial charge in [-0.05, 0) is 6.42 Å². The second kappa shape index (κ2) is 5.31. The highest BCUT2D eigenvalue weighted by atomic mass is 16.2. The van der Waals surface area contributed by atoms with Gasteiger partial charge in [0.15, 0.2) is 0 Å². The largest absolute Gasteiger partial charge is 0.342 e. The first kappa shape index (κ1) is 12.1. The maximum absolute atomic E-state index is 11.3. The van der Waals surface area contributed by atoms with E-state index in [9.17, 15) is 4.79 Å². The van der Waals surface area contributed by atoms with Crippen LogP contribution in [-0.4, -0.2) is 51.4 Å². The lowest BCUT2D eigenvalue weighted by molar-refractivity contribution is -0.128. The second-order valence-electron chi connectivity index (χ2n) is 4.59. The molecule has 2 heterocycles. The molecule has 1 aromatic rings. The van der Waals surface area contributed by atoms with Crippen LogP contribution < -0.4 is 0 Å². The molecule has 5 heteroatoms. The van der Waals surface area contributed by atoms with E-state index in [0.717, 1.165) is 45.0 Å². The average molecular weight is 236 g/mol. The molecule has 0 radical (unpaired) electrons. The Morgan fingerprint density at radius 2 is 2.18 bits per heavy atom. The summed E-state index contributed by atoms with van der Waals surface area (Å²) < 4.78 is 2.05. The lowest BCUT2D eigenvalue weighted by atomic mass is 10.3. The average Bonchev–Trinajstić information content (AvgIpc) is 2.55. The number of aromatic nitrogens is 2. The molecule has 2 rings (SSSR count). The van der Waals surface area contributed by atoms with E-state index in [4.69, 9.17) is 0 Å². The van der Waals surface area contributed by atoms with Crippen LogP contribution in [0.3, 0.4) is 0 Å². The first-order chi connectivity index (χ1) is 8.16. The standard InChI is InChI=1S/C12H20N4O/c1-11(17)16-6-3-5-15(8-9-16)10-12-13-4-7-14(12)2/h4,7H,3,5-6,8-10H2,1-2H3. The van der Waals surface area contributed by atoms with Gasteiger partial charge >= 0.3 is 0 Å². The van der Waals surface area contributed by atoms with Crippen molar-refractivity contribution in [1.82, 2.24) is 19.4 Å². The molecule has 0 spiro atoms. The lowest BCUT2D eigenvalue weighted by Gasteiger charge is -2.20. The Labute approximate surface area is 102 Å². The molecule has 0 aromatic carbocycles. The maximum Gasteiger partial charge on any atom is 0.219 e. The van der Waals surface area contributed by atoms with Gasteiger partial charge in [0.1, 0.15) is 5.82 Å². The number of imidazole rings is 1. The monoisotopic (exact) mass is 236 g/mol. The highest BCUT2D eigenvalue weighted by molar-refractivity contribution is 5.73. The van der Waals surface area contributed by atoms with Crippen molar-refractivity contribution < 1.29 is 4.79 Å². The van der Waals surface area contributed by atoms with Crippen LogP contribution in [-0.2, 0) is 18.4 Å². The van der Waals surface area contributed by atoms with Crippen LogP contribution in [0.5, 0.6) is 0 Å². The Morgan fingerprint density at radius 3 is 2.82 bits per heavy atom. The number of carbonyl (C=O) groups is 1. The molecule has 94 valence electrons. The van der Waals surface area contributed by atoms with Crippen LogP contribution >= 0.6 is 0 Å². The third kappa shape index (κ3) is 3.06. The van der Waals surface area contributed by atoms with E-state index in [1.807, 2.05) is 28.9 Å². The molecule has 1 fully saturated rings. The number of aryl methyl sites for hydroxylation is 1. The molecule has 5 nitrogen and oxygen atoms in total. The highest BCUT2D eigenvalue weighted by Gasteiger charge is 2.17. The van der Waals surface area contributed by atoms with E-state index in [1.165, 1.54) is 0 Å². The van der Waals surface area contributed by atoms with Gasteiger partial charge in [0.2, 0.25) is 5.91 Å². The lowest BCUT2D eigenvalue weighted by Crippen LogP contribution is -2.33. The molecule has 17 heavy (non-hydrogen) atoms. The van der Waals surface area contributed by atoms with Crippen LogP contribution in [0.4, 0.5) is 0 Å². The molecular formula is C12H20N4O. The summed E-state index contributed by atoms with van der Waals surface area (Å²) >= 11 is 0. The Bertz CT molecular complexity index is 388. The number of amides is 1. The van der Waals surface area contributed by atoms with E-state index >= 15 is 0 Å². The fourth-order valence-corrected chi connectivity index (χ4v) is 2.19. The highest BCUT2D eigenvalue weighted by Crippen LogP contribution is 2.07. The molecular weight excluding hydrogens is 216 g/mol. The van der Waals surface area contributed by atoms with Gasteiger partial charge in [0.25, 0.3) is 0 Å². The van der Waals surface area contributed by atoms with Crippen molar-refractivity contribution in [3.05, 3.63) is 18.2 Å². The number of hydrogen-bond acceptors (Lipinski definition) is 3. The van der Waals surface area contributed by atoms with Crippen molar-refractivity contribution in [2.75, 3.05) is 26.2 Å². The van der Waals surface area contributed by atoms with Gasteiger partial charge in [-0.1, -0.05) is 0 Å². The van der Waals surface area contributed by atoms with Crippen LogP contribution in [0.2, 0.25) is 0 Å². The molecule has 0 aliphatic carbocycles. The zero-order valence-corrected chi connectivity index (χ0v) is 10.6. The molecule has 0 saturated carbocycles. The van der Waals surface area contributed by atoms with Gasteiger partial charge in [0.05, 0.1) is 6.54 Å². The van der Waals surface area contributed by atoms with E-state index in [2.05, 4.69) is 9.88 Å². The molecule has 1 aliphatic heterocycles. The molecule has 1 aliphatic rings. The molecule has 0 N–H and O–H groups in total. The van der Waals surface area contributed by atoms with E-state index in [0.29, 0.717) is 0 Å². The number of rotatable bonds is 2. The quantitative estimate of drug-likeness (QED) is 0.750. The Morgan fingerprint density at radius 1 is 1.35 bits per heavy atom. The summed E-state index contributed by atoms with van der Waals surface area (Å²) in [4.78, 5) is 20.0. The Balaban J connectivity index is 1.91. The van der Waals surface area contributed by atoms with Crippen molar-refractivity contribution in [3.8, 4) is 0 Å². The van der Waals surface area contributed by atoms with Gasteiger partial charge in [-0.25, -0.2) is 4.98 Å². The van der Waals surface area contributed by atoms with Gasteiger partial charge in [0, 0.05) is 52.5 Å². The Kier molecular flexibility index (Phi) is 3.78.